The zero-order chi connectivity index (χ0) is 43.3. The van der Waals surface area contributed by atoms with E-state index in [0.29, 0.717) is 53.7 Å². The van der Waals surface area contributed by atoms with E-state index >= 15 is 4.79 Å². The van der Waals surface area contributed by atoms with Gasteiger partial charge in [0.1, 0.15) is 24.0 Å². The van der Waals surface area contributed by atoms with Crippen molar-refractivity contribution in [3.05, 3.63) is 62.7 Å². The molecule has 7 aliphatic heterocycles. The molecule has 0 aromatic heterocycles. The second-order valence-electron chi connectivity index (χ2n) is 17.4. The van der Waals surface area contributed by atoms with E-state index in [1.165, 1.54) is 7.11 Å². The molecule has 3 aromatic rings. The minimum Gasteiger partial charge on any atom is -0.496 e. The number of piperazine rings is 1. The molecule has 0 aliphatic carbocycles. The lowest BCUT2D eigenvalue weighted by molar-refractivity contribution is -0.157. The van der Waals surface area contributed by atoms with Gasteiger partial charge in [-0.1, -0.05) is 6.07 Å². The molecule has 3 aromatic carbocycles. The van der Waals surface area contributed by atoms with Gasteiger partial charge in [0, 0.05) is 46.6 Å². The number of esters is 1. The number of thioether (sulfide) groups is 1. The number of carbonyl (C=O) groups is 2. The summed E-state index contributed by atoms with van der Waals surface area (Å²) in [5.74, 6) is 3.33. The fraction of sp³-hybridized carbons (Fsp3) is 0.533. The van der Waals surface area contributed by atoms with Crippen molar-refractivity contribution in [2.45, 2.75) is 94.1 Å². The van der Waals surface area contributed by atoms with Gasteiger partial charge < -0.3 is 42.6 Å². The minimum absolute atomic E-state index is 0.0220. The molecule has 0 saturated carbocycles. The van der Waals surface area contributed by atoms with Crippen molar-refractivity contribution < 1.29 is 52.2 Å². The summed E-state index contributed by atoms with van der Waals surface area (Å²) in [4.78, 5) is 32.5. The number of nitrogens with zero attached hydrogens (tertiary/aromatic N) is 3. The van der Waals surface area contributed by atoms with Crippen LogP contribution in [0.25, 0.3) is 0 Å². The summed E-state index contributed by atoms with van der Waals surface area (Å²) in [5.41, 5.74) is 4.92. The fourth-order valence-corrected chi connectivity index (χ4v) is 12.5. The molecule has 61 heavy (non-hydrogen) atoms. The Kier molecular flexibility index (Phi) is 10.2. The molecule has 7 aliphatic rings. The molecule has 1 spiro atoms. The number of carbonyl (C=O) groups excluding carboxylic acids is 2. The summed E-state index contributed by atoms with van der Waals surface area (Å²) in [5, 5.41) is 14.5. The third kappa shape index (κ3) is 6.17. The molecule has 16 heteroatoms. The molecule has 0 amide bonds. The number of fused-ring (bicyclic) bond motifs is 9. The highest BCUT2D eigenvalue weighted by Gasteiger charge is 2.62. The van der Waals surface area contributed by atoms with Crippen molar-refractivity contribution in [1.82, 2.24) is 15.1 Å². The molecular weight excluding hydrogens is 805 g/mol. The molecule has 10 rings (SSSR count). The van der Waals surface area contributed by atoms with E-state index < -0.39 is 40.6 Å². The van der Waals surface area contributed by atoms with Crippen molar-refractivity contribution in [1.29, 1.82) is 5.26 Å². The number of rotatable bonds is 5. The zero-order valence-corrected chi connectivity index (χ0v) is 37.0. The van der Waals surface area contributed by atoms with Crippen molar-refractivity contribution in [3.63, 3.8) is 0 Å². The molecule has 7 atom stereocenters. The summed E-state index contributed by atoms with van der Waals surface area (Å²) in [6, 6.07) is 6.29. The molecule has 7 heterocycles. The highest BCUT2D eigenvalue weighted by atomic mass is 32.2. The molecule has 0 radical (unpaired) electrons. The Morgan fingerprint density at radius 1 is 0.934 bits per heavy atom. The zero-order valence-electron chi connectivity index (χ0n) is 36.2. The average Bonchev–Trinajstić information content (AvgIpc) is 3.71. The second kappa shape index (κ2) is 15.1. The van der Waals surface area contributed by atoms with Crippen LogP contribution in [0.1, 0.15) is 82.6 Å². The maximum absolute atomic E-state index is 15.1. The number of aryl methyl sites for hydroxylation is 1. The Balaban J connectivity index is 1.26. The first-order valence-corrected chi connectivity index (χ1v) is 21.6. The van der Waals surface area contributed by atoms with E-state index in [-0.39, 0.29) is 48.8 Å². The van der Waals surface area contributed by atoms with E-state index in [0.717, 1.165) is 38.9 Å². The smallest absolute Gasteiger partial charge is 0.496 e. The first-order valence-electron chi connectivity index (χ1n) is 20.5. The standard InChI is InChI=1S/C45H52N4O11S/c1-21-13-24-14-26-27(17-46)49-28-18-56-42(50)45(25-16-29(52-7)30(15-23(25)11-12-47-45)59-43(51)60-44(3,4)5)19-61-41(33-32(28)40-38(57-20-58-40)22(2)37(33)54-9)35(49)34(48(26)6)31(24)39(55-10)36(21)53-8/h13,15-16,26-28,34-35,41,47H,11-12,14,18-20H2,1-10H3/t26-,27-,28-,34?,35?,41+,45+/m0/s1. The van der Waals surface area contributed by atoms with Gasteiger partial charge in [0.2, 0.25) is 6.79 Å². The van der Waals surface area contributed by atoms with Crippen LogP contribution in [-0.2, 0) is 32.6 Å². The topological polar surface area (TPSA) is 160 Å². The first kappa shape index (κ1) is 41.3. The minimum atomic E-state index is -1.35. The maximum atomic E-state index is 15.1. The third-order valence-corrected chi connectivity index (χ3v) is 14.6. The van der Waals surface area contributed by atoms with Gasteiger partial charge in [0.25, 0.3) is 0 Å². The Hall–Kier alpha value is -5.08. The number of hydrogen-bond acceptors (Lipinski definition) is 16. The number of hydrogen-bond donors (Lipinski definition) is 1. The van der Waals surface area contributed by atoms with Gasteiger partial charge in [-0.3, -0.25) is 15.1 Å². The summed E-state index contributed by atoms with van der Waals surface area (Å²) in [6.45, 7) is 9.64. The molecule has 2 saturated heterocycles. The number of likely N-dealkylation sites (N-methyl/N-ethyl adjacent to an activating group) is 1. The lowest BCUT2D eigenvalue weighted by Crippen LogP contribution is -2.69. The van der Waals surface area contributed by atoms with Gasteiger partial charge in [-0.25, -0.2) is 9.59 Å². The summed E-state index contributed by atoms with van der Waals surface area (Å²) < 4.78 is 54.6. The van der Waals surface area contributed by atoms with Gasteiger partial charge in [-0.05, 0) is 88.9 Å². The highest BCUT2D eigenvalue weighted by Crippen LogP contribution is 2.64. The monoisotopic (exact) mass is 856 g/mol. The normalized spacial score (nSPS) is 27.4. The van der Waals surface area contributed by atoms with Crippen molar-refractivity contribution in [2.75, 3.05) is 61.2 Å². The van der Waals surface area contributed by atoms with E-state index in [4.69, 9.17) is 42.6 Å². The van der Waals surface area contributed by atoms with Crippen LogP contribution in [0.2, 0.25) is 0 Å². The predicted molar refractivity (Wildman–Crippen MR) is 223 cm³/mol. The lowest BCUT2D eigenvalue weighted by Gasteiger charge is -2.62. The van der Waals surface area contributed by atoms with Crippen LogP contribution in [0.5, 0.6) is 40.2 Å². The van der Waals surface area contributed by atoms with Crippen LogP contribution in [0.15, 0.2) is 18.2 Å². The molecule has 1 N–H and O–H groups in total. The Labute approximate surface area is 359 Å². The van der Waals surface area contributed by atoms with Crippen LogP contribution in [0.3, 0.4) is 0 Å². The number of methoxy groups -OCH3 is 4. The molecule has 2 unspecified atom stereocenters. The fourth-order valence-electron chi connectivity index (χ4n) is 10.8. The predicted octanol–water partition coefficient (Wildman–Crippen LogP) is 5.98. The summed E-state index contributed by atoms with van der Waals surface area (Å²) in [7, 11) is 8.57. The van der Waals surface area contributed by atoms with Crippen LogP contribution in [0, 0.1) is 25.2 Å². The van der Waals surface area contributed by atoms with E-state index in [1.807, 2.05) is 13.8 Å². The number of ether oxygens (including phenoxy) is 9. The number of nitriles is 1. The Morgan fingerprint density at radius 3 is 2.36 bits per heavy atom. The highest BCUT2D eigenvalue weighted by molar-refractivity contribution is 7.99. The van der Waals surface area contributed by atoms with Gasteiger partial charge in [-0.2, -0.15) is 5.26 Å². The van der Waals surface area contributed by atoms with Crippen LogP contribution in [0.4, 0.5) is 4.79 Å². The van der Waals surface area contributed by atoms with Crippen molar-refractivity contribution in [3.8, 4) is 46.3 Å². The Morgan fingerprint density at radius 2 is 1.67 bits per heavy atom. The van der Waals surface area contributed by atoms with Gasteiger partial charge >= 0.3 is 12.1 Å². The molecular formula is C45H52N4O11S. The molecule has 324 valence electrons. The van der Waals surface area contributed by atoms with Gasteiger partial charge in [-0.15, -0.1) is 11.8 Å². The quantitative estimate of drug-likeness (QED) is 0.236. The number of nitrogens with one attached hydrogen (secondary N) is 1. The molecule has 2 fully saturated rings. The maximum Gasteiger partial charge on any atom is 0.514 e. The van der Waals surface area contributed by atoms with Crippen molar-refractivity contribution in [2.24, 2.45) is 0 Å². The Bertz CT molecular complexity index is 2380. The number of benzene rings is 3. The van der Waals surface area contributed by atoms with Gasteiger partial charge in [0.05, 0.1) is 51.8 Å². The van der Waals surface area contributed by atoms with E-state index in [9.17, 15) is 10.1 Å². The van der Waals surface area contributed by atoms with Gasteiger partial charge in [0.15, 0.2) is 40.0 Å². The van der Waals surface area contributed by atoms with Crippen LogP contribution >= 0.6 is 11.8 Å². The SMILES string of the molecule is COc1cc2c(cc1OC(=O)OC(C)(C)C)CCN[C@]21CS[C@@H]2c3c(OC)c(C)c4c(c3[C@H](COC1=O)N1C2C2c3c(cc(C)c(OC)c3OC)C[C@@H]([C@@H]1C#N)N2C)OCO4. The van der Waals surface area contributed by atoms with Crippen LogP contribution < -0.4 is 38.5 Å². The summed E-state index contributed by atoms with van der Waals surface area (Å²) in [6.07, 6.45) is 0.278. The average molecular weight is 857 g/mol. The summed E-state index contributed by atoms with van der Waals surface area (Å²) >= 11 is 1.60. The first-order chi connectivity index (χ1) is 29.2. The lowest BCUT2D eigenvalue weighted by atomic mass is 9.71. The molecule has 4 bridgehead atoms. The molecule has 15 nitrogen and oxygen atoms in total. The van der Waals surface area contributed by atoms with E-state index in [1.54, 1.807) is 66.0 Å². The second-order valence-corrected chi connectivity index (χ2v) is 18.6. The van der Waals surface area contributed by atoms with Crippen molar-refractivity contribution >= 4 is 23.9 Å². The van der Waals surface area contributed by atoms with E-state index in [2.05, 4.69) is 34.3 Å². The van der Waals surface area contributed by atoms with Crippen LogP contribution in [-0.4, -0.2) is 107 Å². The third-order valence-electron chi connectivity index (χ3n) is 13.1. The largest absolute Gasteiger partial charge is 0.514 e.